The van der Waals surface area contributed by atoms with Crippen LogP contribution in [0.2, 0.25) is 0 Å². The standard InChI is InChI=1S/C19H12F5N3O2S/c20-13-3-1-2-11-14(13)17-12-8-25-26-16(12)15(21)18(11)27(17)30(28,29)10-6-4-9(5-7-10)19(22,23)24/h1-8,15,17-18H,(H,25,26). The first kappa shape index (κ1) is 19.2. The van der Waals surface area contributed by atoms with E-state index in [4.69, 9.17) is 0 Å². The van der Waals surface area contributed by atoms with Crippen molar-refractivity contribution in [2.24, 2.45) is 0 Å². The minimum Gasteiger partial charge on any atom is -0.279 e. The molecule has 2 aromatic carbocycles. The molecule has 3 atom stereocenters. The fraction of sp³-hybridized carbons (Fsp3) is 0.211. The van der Waals surface area contributed by atoms with Crippen molar-refractivity contribution in [1.82, 2.24) is 14.5 Å². The van der Waals surface area contributed by atoms with Gasteiger partial charge in [0.15, 0.2) is 6.17 Å². The average Bonchev–Trinajstić information content (AvgIpc) is 3.28. The number of fused-ring (bicyclic) bond motifs is 7. The minimum atomic E-state index is -4.64. The van der Waals surface area contributed by atoms with Gasteiger partial charge in [-0.1, -0.05) is 12.1 Å². The minimum absolute atomic E-state index is 0.0146. The Kier molecular flexibility index (Phi) is 3.91. The van der Waals surface area contributed by atoms with Gasteiger partial charge in [-0.15, -0.1) is 0 Å². The number of H-pyrrole nitrogens is 1. The van der Waals surface area contributed by atoms with E-state index in [1.165, 1.54) is 18.3 Å². The second-order valence-corrected chi connectivity index (χ2v) is 8.93. The van der Waals surface area contributed by atoms with E-state index in [-0.39, 0.29) is 22.4 Å². The lowest BCUT2D eigenvalue weighted by atomic mass is 9.99. The van der Waals surface area contributed by atoms with Crippen molar-refractivity contribution in [1.29, 1.82) is 0 Å². The summed E-state index contributed by atoms with van der Waals surface area (Å²) in [4.78, 5) is -0.446. The first-order valence-corrected chi connectivity index (χ1v) is 10.2. The van der Waals surface area contributed by atoms with Gasteiger partial charge in [-0.3, -0.25) is 5.10 Å². The number of sulfonamides is 1. The van der Waals surface area contributed by atoms with Crippen LogP contribution in [-0.4, -0.2) is 22.9 Å². The van der Waals surface area contributed by atoms with Gasteiger partial charge in [-0.2, -0.15) is 22.6 Å². The second-order valence-electron chi connectivity index (χ2n) is 7.09. The van der Waals surface area contributed by atoms with Crippen molar-refractivity contribution in [3.05, 3.63) is 82.4 Å². The lowest BCUT2D eigenvalue weighted by Gasteiger charge is -2.35. The van der Waals surface area contributed by atoms with Crippen LogP contribution in [0.1, 0.15) is 46.2 Å². The Morgan fingerprint density at radius 1 is 1.03 bits per heavy atom. The fourth-order valence-electron chi connectivity index (χ4n) is 4.23. The Morgan fingerprint density at radius 2 is 1.73 bits per heavy atom. The van der Waals surface area contributed by atoms with Gasteiger partial charge in [-0.25, -0.2) is 17.2 Å². The molecule has 5 nitrogen and oxygen atoms in total. The predicted molar refractivity (Wildman–Crippen MR) is 93.9 cm³/mol. The molecular formula is C19H12F5N3O2S. The van der Waals surface area contributed by atoms with Crippen molar-refractivity contribution in [3.8, 4) is 0 Å². The van der Waals surface area contributed by atoms with Crippen molar-refractivity contribution in [2.45, 2.75) is 29.3 Å². The van der Waals surface area contributed by atoms with E-state index in [9.17, 15) is 26.0 Å². The van der Waals surface area contributed by atoms with E-state index >= 15 is 4.39 Å². The summed E-state index contributed by atoms with van der Waals surface area (Å²) < 4.78 is 96.2. The molecule has 5 rings (SSSR count). The summed E-state index contributed by atoms with van der Waals surface area (Å²) >= 11 is 0. The molecule has 0 amide bonds. The van der Waals surface area contributed by atoms with Crippen LogP contribution in [0, 0.1) is 5.82 Å². The first-order chi connectivity index (χ1) is 14.1. The first-order valence-electron chi connectivity index (χ1n) is 8.78. The number of hydrogen-bond donors (Lipinski definition) is 1. The molecule has 11 heteroatoms. The normalized spacial score (nSPS) is 23.3. The van der Waals surface area contributed by atoms with Gasteiger partial charge in [0.05, 0.1) is 34.4 Å². The smallest absolute Gasteiger partial charge is 0.279 e. The molecule has 0 saturated carbocycles. The van der Waals surface area contributed by atoms with E-state index in [1.807, 2.05) is 0 Å². The number of benzene rings is 2. The van der Waals surface area contributed by atoms with Crippen molar-refractivity contribution in [2.75, 3.05) is 0 Å². The zero-order chi connectivity index (χ0) is 21.4. The number of aromatic amines is 1. The summed E-state index contributed by atoms with van der Waals surface area (Å²) in [5, 5.41) is 6.27. The average molecular weight is 441 g/mol. The Labute approximate surface area is 167 Å². The Hall–Kier alpha value is -2.79. The molecule has 2 aliphatic rings. The summed E-state index contributed by atoms with van der Waals surface area (Å²) in [6.45, 7) is 0. The molecule has 3 aromatic rings. The van der Waals surface area contributed by atoms with E-state index < -0.39 is 50.7 Å². The van der Waals surface area contributed by atoms with Gasteiger partial charge in [-0.05, 0) is 35.9 Å². The van der Waals surface area contributed by atoms with Crippen LogP contribution in [0.4, 0.5) is 22.0 Å². The second kappa shape index (κ2) is 6.11. The molecule has 156 valence electrons. The van der Waals surface area contributed by atoms with Crippen LogP contribution in [0.25, 0.3) is 0 Å². The largest absolute Gasteiger partial charge is 0.416 e. The number of halogens is 5. The number of alkyl halides is 4. The molecule has 0 radical (unpaired) electrons. The Balaban J connectivity index is 1.69. The number of aromatic nitrogens is 2. The van der Waals surface area contributed by atoms with Gasteiger partial charge in [0, 0.05) is 11.1 Å². The highest BCUT2D eigenvalue weighted by atomic mass is 32.2. The van der Waals surface area contributed by atoms with Crippen LogP contribution >= 0.6 is 0 Å². The zero-order valence-corrected chi connectivity index (χ0v) is 15.7. The number of nitrogens with one attached hydrogen (secondary N) is 1. The van der Waals surface area contributed by atoms with Crippen molar-refractivity contribution >= 4 is 10.0 Å². The molecule has 1 N–H and O–H groups in total. The predicted octanol–water partition coefficient (Wildman–Crippen LogP) is 4.43. The Morgan fingerprint density at radius 3 is 2.40 bits per heavy atom. The lowest BCUT2D eigenvalue weighted by Crippen LogP contribution is -2.39. The van der Waals surface area contributed by atoms with Crippen LogP contribution in [0.3, 0.4) is 0 Å². The number of nitrogens with zero attached hydrogens (tertiary/aromatic N) is 2. The molecule has 0 aliphatic carbocycles. The summed E-state index contributed by atoms with van der Waals surface area (Å²) in [6, 6.07) is 4.32. The van der Waals surface area contributed by atoms with Crippen LogP contribution in [0.5, 0.6) is 0 Å². The Bertz CT molecular complexity index is 1250. The molecular weight excluding hydrogens is 429 g/mol. The van der Waals surface area contributed by atoms with Gasteiger partial charge in [0.25, 0.3) is 0 Å². The molecule has 2 aliphatic heterocycles. The third-order valence-electron chi connectivity index (χ3n) is 5.51. The third-order valence-corrected chi connectivity index (χ3v) is 7.37. The fourth-order valence-corrected chi connectivity index (χ4v) is 5.97. The molecule has 3 unspecified atom stereocenters. The highest BCUT2D eigenvalue weighted by Crippen LogP contribution is 2.59. The van der Waals surface area contributed by atoms with Gasteiger partial charge in [0.1, 0.15) is 5.82 Å². The van der Waals surface area contributed by atoms with E-state index in [1.54, 1.807) is 0 Å². The molecule has 3 heterocycles. The van der Waals surface area contributed by atoms with Crippen molar-refractivity contribution in [3.63, 3.8) is 0 Å². The van der Waals surface area contributed by atoms with E-state index in [0.717, 1.165) is 22.5 Å². The molecule has 1 aromatic heterocycles. The van der Waals surface area contributed by atoms with Gasteiger partial charge < -0.3 is 0 Å². The monoisotopic (exact) mass is 441 g/mol. The summed E-state index contributed by atoms with van der Waals surface area (Å²) in [5.41, 5.74) is -0.608. The lowest BCUT2D eigenvalue weighted by molar-refractivity contribution is -0.137. The number of hydrogen-bond acceptors (Lipinski definition) is 3. The maximum Gasteiger partial charge on any atom is 0.416 e. The van der Waals surface area contributed by atoms with E-state index in [0.29, 0.717) is 12.1 Å². The number of rotatable bonds is 2. The van der Waals surface area contributed by atoms with Gasteiger partial charge >= 0.3 is 6.18 Å². The molecule has 2 bridgehead atoms. The molecule has 0 saturated heterocycles. The summed E-state index contributed by atoms with van der Waals surface area (Å²) in [5.74, 6) is -0.700. The summed E-state index contributed by atoms with van der Waals surface area (Å²) in [6.07, 6.45) is -5.26. The third kappa shape index (κ3) is 2.48. The maximum absolute atomic E-state index is 15.4. The van der Waals surface area contributed by atoms with Crippen molar-refractivity contribution < 1.29 is 30.4 Å². The molecule has 0 fully saturated rings. The summed E-state index contributed by atoms with van der Waals surface area (Å²) in [7, 11) is -4.48. The van der Waals surface area contributed by atoms with Crippen LogP contribution in [-0.2, 0) is 16.2 Å². The van der Waals surface area contributed by atoms with Crippen LogP contribution in [0.15, 0.2) is 53.6 Å². The zero-order valence-electron chi connectivity index (χ0n) is 14.9. The maximum atomic E-state index is 15.4. The van der Waals surface area contributed by atoms with Crippen LogP contribution < -0.4 is 0 Å². The SMILES string of the molecule is O=S(=O)(c1ccc(C(F)(F)F)cc1)N1C2c3cn[nH]c3C(F)C1c1cccc(F)c12. The highest BCUT2D eigenvalue weighted by molar-refractivity contribution is 7.89. The quantitative estimate of drug-likeness (QED) is 0.599. The van der Waals surface area contributed by atoms with Gasteiger partial charge in [0.2, 0.25) is 10.0 Å². The molecule has 0 spiro atoms. The highest BCUT2D eigenvalue weighted by Gasteiger charge is 2.56. The topological polar surface area (TPSA) is 66.1 Å². The molecule has 30 heavy (non-hydrogen) atoms. The van der Waals surface area contributed by atoms with E-state index in [2.05, 4.69) is 10.2 Å².